The van der Waals surface area contributed by atoms with Crippen molar-refractivity contribution in [3.8, 4) is 0 Å². The summed E-state index contributed by atoms with van der Waals surface area (Å²) in [6.45, 7) is 10.3. The Bertz CT molecular complexity index is 1720. The van der Waals surface area contributed by atoms with Crippen molar-refractivity contribution < 1.29 is 62.5 Å². The monoisotopic (exact) mass is 700 g/mol. The highest BCUT2D eigenvalue weighted by atomic mass is 31.2. The van der Waals surface area contributed by atoms with Crippen molar-refractivity contribution in [1.82, 2.24) is 0 Å². The lowest BCUT2D eigenvalue weighted by Crippen LogP contribution is -2.68. The van der Waals surface area contributed by atoms with Gasteiger partial charge in [0.25, 0.3) is 0 Å². The average Bonchev–Trinajstić information content (AvgIpc) is 3.37. The zero-order valence-corrected chi connectivity index (χ0v) is 27.8. The highest BCUT2D eigenvalue weighted by molar-refractivity contribution is 7.81. The Morgan fingerprint density at radius 2 is 1.09 bits per heavy atom. The lowest BCUT2D eigenvalue weighted by molar-refractivity contribution is -0.325. The summed E-state index contributed by atoms with van der Waals surface area (Å²) in [6.07, 6.45) is -5.43. The maximum atomic E-state index is 15.7. The lowest BCUT2D eigenvalue weighted by Gasteiger charge is -2.50. The van der Waals surface area contributed by atoms with Crippen molar-refractivity contribution >= 4 is 41.4 Å². The van der Waals surface area contributed by atoms with Gasteiger partial charge in [-0.3, -0.25) is 0 Å². The van der Waals surface area contributed by atoms with Crippen molar-refractivity contribution in [2.45, 2.75) is 65.1 Å². The minimum absolute atomic E-state index is 0.177. The van der Waals surface area contributed by atoms with Crippen LogP contribution in [0.3, 0.4) is 0 Å². The minimum Gasteiger partial charge on any atom is -0.568 e. The summed E-state index contributed by atoms with van der Waals surface area (Å²) in [7, 11) is 2.09. The van der Waals surface area contributed by atoms with E-state index in [1.54, 1.807) is 6.92 Å². The maximum absolute atomic E-state index is 15.7. The topological polar surface area (TPSA) is 46.8 Å². The third kappa shape index (κ3) is 3.92. The predicted octanol–water partition coefficient (Wildman–Crippen LogP) is 6.46. The number of halogens is 10. The third-order valence-corrected chi connectivity index (χ3v) is 17.9. The number of ether oxygens (including phenoxy) is 2. The summed E-state index contributed by atoms with van der Waals surface area (Å²) in [5, 5.41) is -1.06. The van der Waals surface area contributed by atoms with Gasteiger partial charge in [-0.1, -0.05) is 72.6 Å². The van der Waals surface area contributed by atoms with Crippen LogP contribution in [0.25, 0.3) is 0 Å². The molecule has 0 aromatic heterocycles. The lowest BCUT2D eigenvalue weighted by atomic mass is 9.28. The second-order valence-corrected chi connectivity index (χ2v) is 19.8. The van der Waals surface area contributed by atoms with Crippen LogP contribution in [0.5, 0.6) is 0 Å². The Balaban J connectivity index is 2.05. The van der Waals surface area contributed by atoms with Crippen LogP contribution in [0.1, 0.15) is 48.5 Å². The quantitative estimate of drug-likeness (QED) is 0.0704. The summed E-state index contributed by atoms with van der Waals surface area (Å²) in [4.78, 5) is 13.9. The van der Waals surface area contributed by atoms with E-state index in [4.69, 9.17) is 13.8 Å². The summed E-state index contributed by atoms with van der Waals surface area (Å²) in [6, 6.07) is 0. The SMILES string of the molecule is COC(=O)C1=P(C(C)(C)C)(C(C)(C)C)CC2(C)C3C[B-](c4c(F)c(F)c(F)c(F)c4F)(c4c(F)c(F)c(F)c(F)c4F)[O+]=C(OC)C132. The molecule has 3 unspecified atom stereocenters. The minimum atomic E-state index is -4.59. The van der Waals surface area contributed by atoms with Gasteiger partial charge in [0.1, 0.15) is 23.3 Å². The van der Waals surface area contributed by atoms with E-state index < -0.39 is 128 Å². The molecule has 0 N–H and O–H groups in total. The second kappa shape index (κ2) is 10.3. The Kier molecular flexibility index (Phi) is 7.73. The Labute approximate surface area is 264 Å². The summed E-state index contributed by atoms with van der Waals surface area (Å²) < 4.78 is 167. The van der Waals surface area contributed by atoms with Crippen molar-refractivity contribution in [3.63, 3.8) is 0 Å². The number of esters is 2. The van der Waals surface area contributed by atoms with Crippen molar-refractivity contribution in [2.24, 2.45) is 16.7 Å². The Morgan fingerprint density at radius 3 is 1.40 bits per heavy atom. The van der Waals surface area contributed by atoms with E-state index in [1.165, 1.54) is 0 Å². The first-order valence-corrected chi connectivity index (χ1v) is 16.5. The molecular weight excluding hydrogens is 668 g/mol. The fraction of sp³-hybridized carbons (Fsp3) is 0.516. The van der Waals surface area contributed by atoms with Gasteiger partial charge in [-0.25, -0.2) is 48.7 Å². The fourth-order valence-electron chi connectivity index (χ4n) is 9.22. The molecule has 258 valence electrons. The number of fused-ring (bicyclic) bond motifs is 1. The molecule has 1 fully saturated rings. The van der Waals surface area contributed by atoms with Crippen LogP contribution in [0.2, 0.25) is 6.32 Å². The number of rotatable bonds is 3. The van der Waals surface area contributed by atoms with Gasteiger partial charge >= 0.3 is 18.3 Å². The van der Waals surface area contributed by atoms with Crippen molar-refractivity contribution in [3.05, 3.63) is 58.2 Å². The zero-order chi connectivity index (χ0) is 35.8. The molecule has 5 rings (SSSR count). The van der Waals surface area contributed by atoms with Crippen LogP contribution in [-0.2, 0) is 18.6 Å². The van der Waals surface area contributed by atoms with Crippen LogP contribution < -0.4 is 10.9 Å². The third-order valence-electron chi connectivity index (χ3n) is 10.9. The first-order valence-electron chi connectivity index (χ1n) is 14.6. The second-order valence-electron chi connectivity index (χ2n) is 14.7. The molecule has 16 heteroatoms. The van der Waals surface area contributed by atoms with E-state index in [0.29, 0.717) is 0 Å². The van der Waals surface area contributed by atoms with E-state index in [9.17, 15) is 31.1 Å². The molecule has 1 spiro atoms. The smallest absolute Gasteiger partial charge is 0.439 e. The molecule has 2 aliphatic heterocycles. The van der Waals surface area contributed by atoms with Crippen LogP contribution >= 0.6 is 6.89 Å². The first-order chi connectivity index (χ1) is 21.4. The van der Waals surface area contributed by atoms with Gasteiger partial charge in [0.15, 0.2) is 47.4 Å². The Morgan fingerprint density at radius 1 is 0.723 bits per heavy atom. The summed E-state index contributed by atoms with van der Waals surface area (Å²) in [5.74, 6) is -28.5. The standard InChI is InChI=1S/C31H32BF10O4P/c1-28(2,3)47(29(4,5)6)11-30(7)12-10-32(13-15(33)19(37)23(41)20(38)16(13)34,14-17(35)21(39)24(42)22(40)18(14)36)46-27(45-9)31(12,30)25(47)26(43)44-8/h12H,10-11H2,1-9H3. The largest absolute Gasteiger partial charge is 0.568 e. The van der Waals surface area contributed by atoms with Gasteiger partial charge < -0.3 is 13.8 Å². The fourth-order valence-corrected chi connectivity index (χ4v) is 16.6. The molecule has 1 aliphatic carbocycles. The molecule has 2 heterocycles. The van der Waals surface area contributed by atoms with Gasteiger partial charge in [0.05, 0.1) is 12.4 Å². The number of carbonyl (C=O) groups is 1. The zero-order valence-electron chi connectivity index (χ0n) is 26.9. The normalized spacial score (nSPS) is 26.1. The van der Waals surface area contributed by atoms with Crippen LogP contribution in [0.4, 0.5) is 43.9 Å². The van der Waals surface area contributed by atoms with Crippen molar-refractivity contribution in [1.29, 1.82) is 0 Å². The van der Waals surface area contributed by atoms with E-state index in [-0.39, 0.29) is 11.5 Å². The van der Waals surface area contributed by atoms with Gasteiger partial charge in [0, 0.05) is 0 Å². The van der Waals surface area contributed by atoms with Crippen LogP contribution in [0.15, 0.2) is 0 Å². The van der Waals surface area contributed by atoms with Gasteiger partial charge in [-0.05, 0) is 27.8 Å². The number of methoxy groups -OCH3 is 2. The molecular formula is C31H32BF10O4P. The molecule has 1 saturated carbocycles. The van der Waals surface area contributed by atoms with E-state index >= 15 is 17.6 Å². The van der Waals surface area contributed by atoms with Gasteiger partial charge in [0.2, 0.25) is 0 Å². The highest BCUT2D eigenvalue weighted by Crippen LogP contribution is 2.90. The Hall–Kier alpha value is -2.96. The molecule has 4 nitrogen and oxygen atoms in total. The van der Waals surface area contributed by atoms with E-state index in [0.717, 1.165) is 14.2 Å². The molecule has 47 heavy (non-hydrogen) atoms. The van der Waals surface area contributed by atoms with Crippen molar-refractivity contribution in [2.75, 3.05) is 20.4 Å². The molecule has 2 aromatic carbocycles. The van der Waals surface area contributed by atoms with Gasteiger partial charge in [-0.15, -0.1) is 0 Å². The molecule has 0 saturated heterocycles. The number of hydrogen-bond donors (Lipinski definition) is 0. The summed E-state index contributed by atoms with van der Waals surface area (Å²) in [5.41, 5.74) is -6.69. The molecule has 3 atom stereocenters. The molecule has 0 amide bonds. The first kappa shape index (κ1) is 35.4. The van der Waals surface area contributed by atoms with E-state index in [2.05, 4.69) is 0 Å². The van der Waals surface area contributed by atoms with E-state index in [1.807, 2.05) is 41.5 Å². The molecule has 2 aromatic rings. The number of hydrogen-bond acceptors (Lipinski definition) is 3. The molecule has 3 aliphatic rings. The van der Waals surface area contributed by atoms with Crippen LogP contribution in [0, 0.1) is 74.9 Å². The molecule has 0 bridgehead atoms. The number of carbonyl (C=O) groups excluding carboxylic acids is 2. The number of benzene rings is 2. The van der Waals surface area contributed by atoms with Crippen LogP contribution in [-0.4, -0.2) is 54.3 Å². The molecule has 0 radical (unpaired) electrons. The average molecular weight is 700 g/mol. The highest BCUT2D eigenvalue weighted by Gasteiger charge is 2.91. The summed E-state index contributed by atoms with van der Waals surface area (Å²) >= 11 is 0. The predicted molar refractivity (Wildman–Crippen MR) is 157 cm³/mol. The maximum Gasteiger partial charge on any atom is 0.439 e. The van der Waals surface area contributed by atoms with Gasteiger partial charge in [-0.2, -0.15) is 0 Å².